The average Bonchev–Trinajstić information content (AvgIpc) is 3.33. The Labute approximate surface area is 188 Å². The van der Waals surface area contributed by atoms with E-state index in [1.807, 2.05) is 72.8 Å². The minimum absolute atomic E-state index is 0.158. The van der Waals surface area contributed by atoms with E-state index in [2.05, 4.69) is 15.5 Å². The topological polar surface area (TPSA) is 70.4 Å². The van der Waals surface area contributed by atoms with Gasteiger partial charge >= 0.3 is 0 Å². The van der Waals surface area contributed by atoms with Crippen LogP contribution in [0.2, 0.25) is 5.02 Å². The Kier molecular flexibility index (Phi) is 6.75. The van der Waals surface area contributed by atoms with E-state index < -0.39 is 6.04 Å². The second kappa shape index (κ2) is 9.86. The van der Waals surface area contributed by atoms with Crippen molar-refractivity contribution in [2.24, 2.45) is 5.73 Å². The number of benzene rings is 3. The minimum Gasteiger partial charge on any atom is -0.370 e. The van der Waals surface area contributed by atoms with Crippen molar-refractivity contribution < 1.29 is 4.79 Å². The molecule has 4 N–H and O–H groups in total. The van der Waals surface area contributed by atoms with E-state index in [0.717, 1.165) is 35.6 Å². The largest absolute Gasteiger partial charge is 0.370 e. The first-order valence-corrected chi connectivity index (χ1v) is 11.0. The van der Waals surface area contributed by atoms with Crippen LogP contribution in [0.4, 0.5) is 17.1 Å². The van der Waals surface area contributed by atoms with Crippen LogP contribution in [0.1, 0.15) is 30.0 Å². The Morgan fingerprint density at radius 1 is 0.968 bits per heavy atom. The summed E-state index contributed by atoms with van der Waals surface area (Å²) in [7, 11) is 0. The van der Waals surface area contributed by atoms with Crippen LogP contribution in [-0.2, 0) is 11.3 Å². The predicted octanol–water partition coefficient (Wildman–Crippen LogP) is 5.19. The second-order valence-electron chi connectivity index (χ2n) is 7.74. The first-order chi connectivity index (χ1) is 15.1. The molecule has 1 amide bonds. The lowest BCUT2D eigenvalue weighted by Gasteiger charge is -2.22. The van der Waals surface area contributed by atoms with Gasteiger partial charge in [-0.3, -0.25) is 4.79 Å². The third-order valence-corrected chi connectivity index (χ3v) is 5.83. The molecule has 3 aromatic carbocycles. The van der Waals surface area contributed by atoms with Gasteiger partial charge in [-0.1, -0.05) is 54.1 Å². The van der Waals surface area contributed by atoms with Crippen molar-refractivity contribution in [1.82, 2.24) is 0 Å². The highest BCUT2D eigenvalue weighted by atomic mass is 35.5. The van der Waals surface area contributed by atoms with Crippen molar-refractivity contribution in [2.75, 3.05) is 28.6 Å². The molecule has 1 atom stereocenters. The number of carbonyl (C=O) groups excluding carboxylic acids is 1. The number of nitrogens with one attached hydrogen (secondary N) is 2. The Morgan fingerprint density at radius 3 is 2.45 bits per heavy atom. The molecule has 0 spiro atoms. The quantitative estimate of drug-likeness (QED) is 0.478. The molecule has 4 rings (SSSR count). The fourth-order valence-corrected chi connectivity index (χ4v) is 4.21. The first-order valence-electron chi connectivity index (χ1n) is 10.6. The number of hydrogen-bond acceptors (Lipinski definition) is 4. The van der Waals surface area contributed by atoms with E-state index >= 15 is 0 Å². The SMILES string of the molecule is NCc1cccc(NC(C(=O)Nc2ccc(N3CCCC3)c(Cl)c2)c2ccccc2)c1. The Bertz CT molecular complexity index is 1030. The van der Waals surface area contributed by atoms with E-state index in [1.54, 1.807) is 0 Å². The number of rotatable bonds is 7. The molecule has 0 aromatic heterocycles. The molecule has 3 aromatic rings. The van der Waals surface area contributed by atoms with E-state index in [0.29, 0.717) is 17.3 Å². The lowest BCUT2D eigenvalue weighted by Crippen LogP contribution is -2.27. The van der Waals surface area contributed by atoms with E-state index in [-0.39, 0.29) is 5.91 Å². The molecular weight excluding hydrogens is 408 g/mol. The van der Waals surface area contributed by atoms with Crippen molar-refractivity contribution in [3.05, 3.63) is 88.9 Å². The summed E-state index contributed by atoms with van der Waals surface area (Å²) in [6.45, 7) is 2.49. The van der Waals surface area contributed by atoms with Gasteiger partial charge in [0.15, 0.2) is 0 Å². The van der Waals surface area contributed by atoms with Gasteiger partial charge in [0.1, 0.15) is 6.04 Å². The monoisotopic (exact) mass is 434 g/mol. The maximum Gasteiger partial charge on any atom is 0.251 e. The fourth-order valence-electron chi connectivity index (χ4n) is 3.91. The molecule has 0 bridgehead atoms. The highest BCUT2D eigenvalue weighted by Crippen LogP contribution is 2.32. The normalized spacial score (nSPS) is 14.3. The van der Waals surface area contributed by atoms with Crippen LogP contribution in [-0.4, -0.2) is 19.0 Å². The molecule has 1 aliphatic rings. The number of nitrogens with zero attached hydrogens (tertiary/aromatic N) is 1. The second-order valence-corrected chi connectivity index (χ2v) is 8.15. The van der Waals surface area contributed by atoms with Gasteiger partial charge in [-0.2, -0.15) is 0 Å². The van der Waals surface area contributed by atoms with Crippen LogP contribution in [0.25, 0.3) is 0 Å². The zero-order valence-electron chi connectivity index (χ0n) is 17.4. The molecule has 0 radical (unpaired) electrons. The third kappa shape index (κ3) is 5.19. The van der Waals surface area contributed by atoms with Crippen molar-refractivity contribution in [2.45, 2.75) is 25.4 Å². The summed E-state index contributed by atoms with van der Waals surface area (Å²) in [6.07, 6.45) is 2.37. The van der Waals surface area contributed by atoms with Crippen LogP contribution in [0.3, 0.4) is 0 Å². The average molecular weight is 435 g/mol. The molecule has 1 aliphatic heterocycles. The molecule has 31 heavy (non-hydrogen) atoms. The van der Waals surface area contributed by atoms with Crippen molar-refractivity contribution in [3.63, 3.8) is 0 Å². The van der Waals surface area contributed by atoms with Crippen molar-refractivity contribution in [1.29, 1.82) is 0 Å². The lowest BCUT2D eigenvalue weighted by molar-refractivity contribution is -0.117. The molecule has 1 heterocycles. The Hall–Kier alpha value is -3.02. The van der Waals surface area contributed by atoms with E-state index in [9.17, 15) is 4.79 Å². The summed E-state index contributed by atoms with van der Waals surface area (Å²) >= 11 is 6.53. The number of amides is 1. The molecule has 0 saturated carbocycles. The van der Waals surface area contributed by atoms with Crippen LogP contribution in [0, 0.1) is 0 Å². The first kappa shape index (κ1) is 21.2. The van der Waals surface area contributed by atoms with Gasteiger partial charge in [-0.15, -0.1) is 0 Å². The molecule has 1 unspecified atom stereocenters. The van der Waals surface area contributed by atoms with Gasteiger partial charge in [0.2, 0.25) is 0 Å². The highest BCUT2D eigenvalue weighted by Gasteiger charge is 2.22. The Morgan fingerprint density at radius 2 is 1.74 bits per heavy atom. The standard InChI is InChI=1S/C25H27ClN4O/c26-22-16-21(11-12-23(22)30-13-4-5-14-30)29-25(31)24(19-8-2-1-3-9-19)28-20-10-6-7-18(15-20)17-27/h1-3,6-12,15-16,24,28H,4-5,13-14,17,27H2,(H,29,31). The molecule has 1 saturated heterocycles. The number of nitrogens with two attached hydrogens (primary N) is 1. The molecule has 0 aliphatic carbocycles. The molecule has 160 valence electrons. The van der Waals surface area contributed by atoms with Gasteiger partial charge in [0.05, 0.1) is 10.7 Å². The Balaban J connectivity index is 1.55. The van der Waals surface area contributed by atoms with E-state index in [4.69, 9.17) is 17.3 Å². The number of carbonyl (C=O) groups is 1. The van der Waals surface area contributed by atoms with Gasteiger partial charge in [-0.05, 0) is 54.3 Å². The summed E-state index contributed by atoms with van der Waals surface area (Å²) in [6, 6.07) is 22.6. The number of anilines is 3. The molecule has 1 fully saturated rings. The minimum atomic E-state index is -0.564. The van der Waals surface area contributed by atoms with Crippen LogP contribution in [0.5, 0.6) is 0 Å². The summed E-state index contributed by atoms with van der Waals surface area (Å²) in [5, 5.41) is 7.02. The zero-order chi connectivity index (χ0) is 21.6. The van der Waals surface area contributed by atoms with Gasteiger partial charge < -0.3 is 21.3 Å². The molecule has 6 heteroatoms. The van der Waals surface area contributed by atoms with Crippen LogP contribution >= 0.6 is 11.6 Å². The van der Waals surface area contributed by atoms with Crippen LogP contribution < -0.4 is 21.3 Å². The van der Waals surface area contributed by atoms with E-state index in [1.165, 1.54) is 12.8 Å². The molecular formula is C25H27ClN4O. The predicted molar refractivity (Wildman–Crippen MR) is 129 cm³/mol. The summed E-state index contributed by atoms with van der Waals surface area (Å²) in [4.78, 5) is 15.6. The summed E-state index contributed by atoms with van der Waals surface area (Å²) in [5.74, 6) is -0.158. The maximum atomic E-state index is 13.3. The zero-order valence-corrected chi connectivity index (χ0v) is 18.1. The number of hydrogen-bond donors (Lipinski definition) is 3. The maximum absolute atomic E-state index is 13.3. The van der Waals surface area contributed by atoms with Gasteiger partial charge in [0, 0.05) is 31.0 Å². The fraction of sp³-hybridized carbons (Fsp3) is 0.240. The van der Waals surface area contributed by atoms with Gasteiger partial charge in [0.25, 0.3) is 5.91 Å². The van der Waals surface area contributed by atoms with Crippen molar-refractivity contribution in [3.8, 4) is 0 Å². The van der Waals surface area contributed by atoms with Crippen LogP contribution in [0.15, 0.2) is 72.8 Å². The van der Waals surface area contributed by atoms with Gasteiger partial charge in [-0.25, -0.2) is 0 Å². The van der Waals surface area contributed by atoms with Crippen molar-refractivity contribution >= 4 is 34.6 Å². The third-order valence-electron chi connectivity index (χ3n) is 5.53. The summed E-state index contributed by atoms with van der Waals surface area (Å²) < 4.78 is 0. The highest BCUT2D eigenvalue weighted by molar-refractivity contribution is 6.33. The smallest absolute Gasteiger partial charge is 0.251 e. The lowest BCUT2D eigenvalue weighted by atomic mass is 10.0. The summed E-state index contributed by atoms with van der Waals surface area (Å²) in [5.41, 5.74) is 10.2. The number of halogens is 1. The molecule has 5 nitrogen and oxygen atoms in total.